The van der Waals surface area contributed by atoms with Gasteiger partial charge in [0, 0.05) is 0 Å². The molecule has 0 spiro atoms. The second-order valence-corrected chi connectivity index (χ2v) is 6.04. The van der Waals surface area contributed by atoms with E-state index in [1.807, 2.05) is 48.5 Å². The molecule has 0 amide bonds. The lowest BCUT2D eigenvalue weighted by molar-refractivity contribution is 0.0734. The van der Waals surface area contributed by atoms with Gasteiger partial charge in [0.05, 0.1) is 5.56 Å². The Kier molecular flexibility index (Phi) is 5.37. The molecule has 0 aromatic heterocycles. The molecule has 1 atom stereocenters. The number of ether oxygens (including phenoxy) is 1. The maximum Gasteiger partial charge on any atom is 0.343 e. The van der Waals surface area contributed by atoms with E-state index in [0.717, 1.165) is 6.42 Å². The molecular formula is C20H24O2. The third-order valence-electron chi connectivity index (χ3n) is 4.09. The average molecular weight is 296 g/mol. The van der Waals surface area contributed by atoms with E-state index < -0.39 is 0 Å². The van der Waals surface area contributed by atoms with Crippen molar-refractivity contribution in [1.82, 2.24) is 0 Å². The normalized spacial score (nSPS) is 12.2. The summed E-state index contributed by atoms with van der Waals surface area (Å²) in [5.74, 6) is 1.25. The predicted molar refractivity (Wildman–Crippen MR) is 90.6 cm³/mol. The van der Waals surface area contributed by atoms with Crippen molar-refractivity contribution in [3.8, 4) is 5.75 Å². The zero-order chi connectivity index (χ0) is 16.1. The number of carbonyl (C=O) groups is 1. The molecule has 0 bridgehead atoms. The molecule has 116 valence electrons. The fourth-order valence-corrected chi connectivity index (χ4v) is 2.27. The molecule has 2 rings (SSSR count). The van der Waals surface area contributed by atoms with E-state index in [2.05, 4.69) is 27.7 Å². The Labute approximate surface area is 133 Å². The van der Waals surface area contributed by atoms with Crippen LogP contribution in [0.4, 0.5) is 0 Å². The summed E-state index contributed by atoms with van der Waals surface area (Å²) in [5.41, 5.74) is 3.07. The summed E-state index contributed by atoms with van der Waals surface area (Å²) in [7, 11) is 0. The van der Waals surface area contributed by atoms with Crippen LogP contribution in [-0.4, -0.2) is 5.97 Å². The van der Waals surface area contributed by atoms with Gasteiger partial charge >= 0.3 is 5.97 Å². The van der Waals surface area contributed by atoms with Crippen molar-refractivity contribution in [2.45, 2.75) is 46.0 Å². The van der Waals surface area contributed by atoms with Gasteiger partial charge in [0.15, 0.2) is 0 Å². The van der Waals surface area contributed by atoms with Crippen molar-refractivity contribution in [1.29, 1.82) is 0 Å². The molecular weight excluding hydrogens is 272 g/mol. The molecule has 0 aliphatic heterocycles. The first-order valence-electron chi connectivity index (χ1n) is 7.93. The summed E-state index contributed by atoms with van der Waals surface area (Å²) >= 11 is 0. The van der Waals surface area contributed by atoms with E-state index in [1.165, 1.54) is 11.1 Å². The van der Waals surface area contributed by atoms with Crippen molar-refractivity contribution < 1.29 is 9.53 Å². The molecule has 22 heavy (non-hydrogen) atoms. The van der Waals surface area contributed by atoms with Crippen LogP contribution in [0.1, 0.15) is 67.4 Å². The Hall–Kier alpha value is -2.09. The van der Waals surface area contributed by atoms with Crippen LogP contribution in [0.3, 0.4) is 0 Å². The number of carbonyl (C=O) groups excluding carboxylic acids is 1. The Bertz CT molecular complexity index is 609. The highest BCUT2D eigenvalue weighted by Crippen LogP contribution is 2.21. The molecule has 0 heterocycles. The van der Waals surface area contributed by atoms with Crippen molar-refractivity contribution in [3.63, 3.8) is 0 Å². The highest BCUT2D eigenvalue weighted by molar-refractivity contribution is 5.91. The molecule has 1 unspecified atom stereocenters. The second-order valence-electron chi connectivity index (χ2n) is 6.04. The lowest BCUT2D eigenvalue weighted by Gasteiger charge is -2.10. The Morgan fingerprint density at radius 3 is 1.95 bits per heavy atom. The van der Waals surface area contributed by atoms with E-state index in [9.17, 15) is 4.79 Å². The van der Waals surface area contributed by atoms with Gasteiger partial charge in [0.2, 0.25) is 0 Å². The zero-order valence-electron chi connectivity index (χ0n) is 13.8. The van der Waals surface area contributed by atoms with Gasteiger partial charge in [-0.3, -0.25) is 0 Å². The fourth-order valence-electron chi connectivity index (χ4n) is 2.27. The van der Waals surface area contributed by atoms with Crippen LogP contribution in [0.15, 0.2) is 48.5 Å². The third-order valence-corrected chi connectivity index (χ3v) is 4.09. The molecule has 0 aliphatic rings. The fraction of sp³-hybridized carbons (Fsp3) is 0.350. The number of esters is 1. The summed E-state index contributed by atoms with van der Waals surface area (Å²) in [6.45, 7) is 8.62. The van der Waals surface area contributed by atoms with E-state index in [0.29, 0.717) is 23.1 Å². The van der Waals surface area contributed by atoms with Gasteiger partial charge < -0.3 is 4.74 Å². The molecule has 0 fully saturated rings. The molecule has 2 aromatic carbocycles. The number of benzene rings is 2. The van der Waals surface area contributed by atoms with E-state index in [-0.39, 0.29) is 5.97 Å². The Morgan fingerprint density at radius 1 is 0.909 bits per heavy atom. The summed E-state index contributed by atoms with van der Waals surface area (Å²) in [4.78, 5) is 12.2. The van der Waals surface area contributed by atoms with Crippen LogP contribution in [0.5, 0.6) is 5.75 Å². The van der Waals surface area contributed by atoms with Gasteiger partial charge in [-0.25, -0.2) is 4.79 Å². The Balaban J connectivity index is 2.05. The van der Waals surface area contributed by atoms with E-state index in [4.69, 9.17) is 4.74 Å². The van der Waals surface area contributed by atoms with Crippen LogP contribution in [0, 0.1) is 0 Å². The molecule has 2 heteroatoms. The standard InChI is InChI=1S/C20H24O2/c1-5-15(4)17-6-8-18(9-7-17)20(21)22-19-12-10-16(11-13-19)14(2)3/h6-15H,5H2,1-4H3. The zero-order valence-corrected chi connectivity index (χ0v) is 13.8. The minimum Gasteiger partial charge on any atom is -0.423 e. The van der Waals surface area contributed by atoms with Crippen molar-refractivity contribution in [2.24, 2.45) is 0 Å². The first-order chi connectivity index (χ1) is 10.5. The topological polar surface area (TPSA) is 26.3 Å². The molecule has 0 saturated carbocycles. The molecule has 0 aliphatic carbocycles. The summed E-state index contributed by atoms with van der Waals surface area (Å²) in [5, 5.41) is 0. The summed E-state index contributed by atoms with van der Waals surface area (Å²) in [6, 6.07) is 15.4. The predicted octanol–water partition coefficient (Wildman–Crippen LogP) is 5.54. The van der Waals surface area contributed by atoms with E-state index >= 15 is 0 Å². The first-order valence-corrected chi connectivity index (χ1v) is 7.93. The minimum atomic E-state index is -0.312. The Morgan fingerprint density at radius 2 is 1.45 bits per heavy atom. The molecule has 0 saturated heterocycles. The van der Waals surface area contributed by atoms with Gasteiger partial charge in [-0.15, -0.1) is 0 Å². The van der Waals surface area contributed by atoms with Crippen LogP contribution in [0.2, 0.25) is 0 Å². The van der Waals surface area contributed by atoms with Crippen LogP contribution < -0.4 is 4.74 Å². The van der Waals surface area contributed by atoms with Gasteiger partial charge in [-0.2, -0.15) is 0 Å². The SMILES string of the molecule is CCC(C)c1ccc(C(=O)Oc2ccc(C(C)C)cc2)cc1. The maximum atomic E-state index is 12.2. The quantitative estimate of drug-likeness (QED) is 0.534. The molecule has 2 aromatic rings. The lowest BCUT2D eigenvalue weighted by Crippen LogP contribution is -2.08. The molecule has 2 nitrogen and oxygen atoms in total. The number of rotatable bonds is 5. The van der Waals surface area contributed by atoms with Crippen LogP contribution in [0.25, 0.3) is 0 Å². The van der Waals surface area contributed by atoms with E-state index in [1.54, 1.807) is 0 Å². The molecule has 0 N–H and O–H groups in total. The van der Waals surface area contributed by atoms with Gasteiger partial charge in [0.25, 0.3) is 0 Å². The monoisotopic (exact) mass is 296 g/mol. The van der Waals surface area contributed by atoms with Gasteiger partial charge in [-0.1, -0.05) is 52.0 Å². The third kappa shape index (κ3) is 3.97. The highest BCUT2D eigenvalue weighted by Gasteiger charge is 2.10. The van der Waals surface area contributed by atoms with Crippen molar-refractivity contribution >= 4 is 5.97 Å². The number of hydrogen-bond donors (Lipinski definition) is 0. The summed E-state index contributed by atoms with van der Waals surface area (Å²) < 4.78 is 5.42. The van der Waals surface area contributed by atoms with Crippen LogP contribution >= 0.6 is 0 Å². The van der Waals surface area contributed by atoms with Crippen LogP contribution in [-0.2, 0) is 0 Å². The minimum absolute atomic E-state index is 0.312. The lowest BCUT2D eigenvalue weighted by atomic mass is 9.98. The van der Waals surface area contributed by atoms with Gasteiger partial charge in [-0.05, 0) is 53.6 Å². The first kappa shape index (κ1) is 16.3. The largest absolute Gasteiger partial charge is 0.423 e. The average Bonchev–Trinajstić information content (AvgIpc) is 2.54. The smallest absolute Gasteiger partial charge is 0.343 e. The molecule has 0 radical (unpaired) electrons. The summed E-state index contributed by atoms with van der Waals surface area (Å²) in [6.07, 6.45) is 1.09. The van der Waals surface area contributed by atoms with Crippen molar-refractivity contribution in [3.05, 3.63) is 65.2 Å². The second kappa shape index (κ2) is 7.26. The van der Waals surface area contributed by atoms with Crippen molar-refractivity contribution in [2.75, 3.05) is 0 Å². The maximum absolute atomic E-state index is 12.2. The highest BCUT2D eigenvalue weighted by atomic mass is 16.5. The number of hydrogen-bond acceptors (Lipinski definition) is 2. The van der Waals surface area contributed by atoms with Gasteiger partial charge in [0.1, 0.15) is 5.75 Å².